The van der Waals surface area contributed by atoms with Gasteiger partial charge in [-0.15, -0.1) is 10.2 Å². The van der Waals surface area contributed by atoms with Crippen LogP contribution in [0.2, 0.25) is 5.02 Å². The van der Waals surface area contributed by atoms with Crippen LogP contribution in [0.4, 0.5) is 5.82 Å². The van der Waals surface area contributed by atoms with Crippen LogP contribution in [0.5, 0.6) is 0 Å². The van der Waals surface area contributed by atoms with Gasteiger partial charge in [0.25, 0.3) is 0 Å². The summed E-state index contributed by atoms with van der Waals surface area (Å²) in [5.74, 6) is 1.51. The Hall–Kier alpha value is -2.02. The Morgan fingerprint density at radius 1 is 0.852 bits per heavy atom. The van der Waals surface area contributed by atoms with Crippen LogP contribution in [0, 0.1) is 0 Å². The van der Waals surface area contributed by atoms with Crippen molar-refractivity contribution in [2.75, 3.05) is 38.1 Å². The molecule has 0 radical (unpaired) electrons. The van der Waals surface area contributed by atoms with Gasteiger partial charge in [0.1, 0.15) is 5.69 Å². The smallest absolute Gasteiger partial charge is 0.183 e. The van der Waals surface area contributed by atoms with Crippen LogP contribution in [0.3, 0.4) is 0 Å². The number of hydrogen-bond donors (Lipinski definition) is 0. The highest BCUT2D eigenvalue weighted by Gasteiger charge is 2.22. The molecule has 5 nitrogen and oxygen atoms in total. The maximum Gasteiger partial charge on any atom is 0.183 e. The Kier molecular flexibility index (Phi) is 5.38. The molecule has 0 amide bonds. The Morgan fingerprint density at radius 2 is 1.48 bits per heavy atom. The van der Waals surface area contributed by atoms with Crippen molar-refractivity contribution in [1.82, 2.24) is 20.1 Å². The largest absolute Gasteiger partial charge is 0.352 e. The van der Waals surface area contributed by atoms with Crippen LogP contribution < -0.4 is 4.90 Å². The first-order valence-corrected chi connectivity index (χ1v) is 9.97. The average Bonchev–Trinajstić information content (AvgIpc) is 2.69. The Labute approximate surface area is 172 Å². The van der Waals surface area contributed by atoms with Gasteiger partial charge in [-0.25, -0.2) is 4.98 Å². The second-order valence-corrected chi connectivity index (χ2v) is 7.96. The molecule has 0 atom stereocenters. The van der Waals surface area contributed by atoms with Gasteiger partial charge in [0.2, 0.25) is 0 Å². The lowest BCUT2D eigenvalue weighted by molar-refractivity contribution is 0.312. The van der Waals surface area contributed by atoms with Gasteiger partial charge < -0.3 is 9.80 Å². The minimum atomic E-state index is 0.633. The molecule has 0 saturated carbocycles. The first-order valence-electron chi connectivity index (χ1n) is 8.80. The van der Waals surface area contributed by atoms with Crippen LogP contribution in [0.1, 0.15) is 0 Å². The molecule has 3 aromatic rings. The lowest BCUT2D eigenvalue weighted by Crippen LogP contribution is -2.45. The zero-order valence-electron chi connectivity index (χ0n) is 14.9. The van der Waals surface area contributed by atoms with Crippen molar-refractivity contribution in [3.8, 4) is 22.6 Å². The van der Waals surface area contributed by atoms with Crippen molar-refractivity contribution in [1.29, 1.82) is 0 Å². The molecule has 27 heavy (non-hydrogen) atoms. The lowest BCUT2D eigenvalue weighted by atomic mass is 10.1. The molecule has 1 aromatic heterocycles. The standard InChI is InChI=1S/C20H19BrClN5/c1-26-10-12-27(13-11-26)20-18(14-4-8-17(22)9-5-14)24-25-19(23-20)15-2-6-16(21)7-3-15/h2-9H,10-13H2,1H3. The van der Waals surface area contributed by atoms with E-state index in [2.05, 4.69) is 43.0 Å². The molecule has 1 saturated heterocycles. The summed E-state index contributed by atoms with van der Waals surface area (Å²) >= 11 is 9.52. The number of aromatic nitrogens is 3. The van der Waals surface area contributed by atoms with Crippen molar-refractivity contribution in [2.24, 2.45) is 0 Å². The Bertz CT molecular complexity index is 922. The molecule has 7 heteroatoms. The topological polar surface area (TPSA) is 45.2 Å². The summed E-state index contributed by atoms with van der Waals surface area (Å²) in [7, 11) is 2.14. The quantitative estimate of drug-likeness (QED) is 0.600. The fourth-order valence-electron chi connectivity index (χ4n) is 3.07. The summed E-state index contributed by atoms with van der Waals surface area (Å²) in [5.41, 5.74) is 2.71. The zero-order valence-corrected chi connectivity index (χ0v) is 17.3. The molecule has 0 unspecified atom stereocenters. The monoisotopic (exact) mass is 443 g/mol. The molecule has 1 aliphatic rings. The van der Waals surface area contributed by atoms with Crippen molar-refractivity contribution >= 4 is 33.3 Å². The number of likely N-dealkylation sites (N-methyl/N-ethyl adjacent to an activating group) is 1. The molecule has 0 aliphatic carbocycles. The zero-order chi connectivity index (χ0) is 18.8. The van der Waals surface area contributed by atoms with E-state index in [0.29, 0.717) is 10.8 Å². The summed E-state index contributed by atoms with van der Waals surface area (Å²) in [5, 5.41) is 9.65. The van der Waals surface area contributed by atoms with E-state index in [4.69, 9.17) is 16.6 Å². The summed E-state index contributed by atoms with van der Waals surface area (Å²) < 4.78 is 1.02. The maximum absolute atomic E-state index is 6.05. The predicted molar refractivity (Wildman–Crippen MR) is 113 cm³/mol. The average molecular weight is 445 g/mol. The molecule has 138 valence electrons. The van der Waals surface area contributed by atoms with Gasteiger partial charge >= 0.3 is 0 Å². The van der Waals surface area contributed by atoms with E-state index >= 15 is 0 Å². The minimum absolute atomic E-state index is 0.633. The van der Waals surface area contributed by atoms with Crippen molar-refractivity contribution in [3.05, 3.63) is 58.0 Å². The van der Waals surface area contributed by atoms with Crippen LogP contribution in [0.25, 0.3) is 22.6 Å². The first-order chi connectivity index (χ1) is 13.1. The van der Waals surface area contributed by atoms with Gasteiger partial charge in [0.15, 0.2) is 11.6 Å². The number of rotatable bonds is 3. The highest BCUT2D eigenvalue weighted by Crippen LogP contribution is 2.30. The first kappa shape index (κ1) is 18.3. The molecule has 1 aliphatic heterocycles. The number of hydrogen-bond acceptors (Lipinski definition) is 5. The van der Waals surface area contributed by atoms with Gasteiger partial charge in [-0.2, -0.15) is 0 Å². The van der Waals surface area contributed by atoms with Gasteiger partial charge in [0.05, 0.1) is 0 Å². The van der Waals surface area contributed by atoms with Crippen molar-refractivity contribution in [3.63, 3.8) is 0 Å². The maximum atomic E-state index is 6.05. The molecule has 4 rings (SSSR count). The molecule has 0 N–H and O–H groups in total. The molecule has 2 heterocycles. The van der Waals surface area contributed by atoms with Gasteiger partial charge in [0, 0.05) is 46.8 Å². The number of halogens is 2. The van der Waals surface area contributed by atoms with E-state index in [1.165, 1.54) is 0 Å². The molecule has 1 fully saturated rings. The number of anilines is 1. The van der Waals surface area contributed by atoms with E-state index in [-0.39, 0.29) is 0 Å². The highest BCUT2D eigenvalue weighted by atomic mass is 79.9. The summed E-state index contributed by atoms with van der Waals surface area (Å²) in [6.45, 7) is 3.82. The number of benzene rings is 2. The summed E-state index contributed by atoms with van der Waals surface area (Å²) in [6.07, 6.45) is 0. The fraction of sp³-hybridized carbons (Fsp3) is 0.250. The normalized spacial score (nSPS) is 15.1. The minimum Gasteiger partial charge on any atom is -0.352 e. The van der Waals surface area contributed by atoms with Crippen molar-refractivity contribution < 1.29 is 0 Å². The van der Waals surface area contributed by atoms with Crippen molar-refractivity contribution in [2.45, 2.75) is 0 Å². The fourth-order valence-corrected chi connectivity index (χ4v) is 3.46. The summed E-state index contributed by atoms with van der Waals surface area (Å²) in [6, 6.07) is 15.6. The SMILES string of the molecule is CN1CCN(c2nc(-c3ccc(Br)cc3)nnc2-c2ccc(Cl)cc2)CC1. The second-order valence-electron chi connectivity index (χ2n) is 6.61. The van der Waals surface area contributed by atoms with E-state index in [0.717, 1.165) is 53.3 Å². The van der Waals surface area contributed by atoms with Crippen LogP contribution in [-0.4, -0.2) is 53.3 Å². The van der Waals surface area contributed by atoms with Crippen LogP contribution in [0.15, 0.2) is 53.0 Å². The molecular weight excluding hydrogens is 426 g/mol. The van der Waals surface area contributed by atoms with Gasteiger partial charge in [-0.3, -0.25) is 0 Å². The molecule has 2 aromatic carbocycles. The van der Waals surface area contributed by atoms with Gasteiger partial charge in [-0.05, 0) is 31.3 Å². The third kappa shape index (κ3) is 4.13. The van der Waals surface area contributed by atoms with Crippen LogP contribution >= 0.6 is 27.5 Å². The lowest BCUT2D eigenvalue weighted by Gasteiger charge is -2.34. The van der Waals surface area contributed by atoms with E-state index in [1.807, 2.05) is 48.5 Å². The Morgan fingerprint density at radius 3 is 2.15 bits per heavy atom. The molecule has 0 bridgehead atoms. The van der Waals surface area contributed by atoms with E-state index in [1.54, 1.807) is 0 Å². The summed E-state index contributed by atoms with van der Waals surface area (Å²) in [4.78, 5) is 9.52. The third-order valence-corrected chi connectivity index (χ3v) is 5.47. The number of piperazine rings is 1. The Balaban J connectivity index is 1.78. The number of nitrogens with zero attached hydrogens (tertiary/aromatic N) is 5. The molecule has 0 spiro atoms. The predicted octanol–water partition coefficient (Wildman–Crippen LogP) is 4.37. The highest BCUT2D eigenvalue weighted by molar-refractivity contribution is 9.10. The van der Waals surface area contributed by atoms with E-state index < -0.39 is 0 Å². The van der Waals surface area contributed by atoms with Crippen LogP contribution in [-0.2, 0) is 0 Å². The van der Waals surface area contributed by atoms with E-state index in [9.17, 15) is 0 Å². The van der Waals surface area contributed by atoms with Gasteiger partial charge in [-0.1, -0.05) is 51.8 Å². The second kappa shape index (κ2) is 7.92. The third-order valence-electron chi connectivity index (χ3n) is 4.69. The molecular formula is C20H19BrClN5.